The molecular formula is C23H22N4O2S. The molecule has 152 valence electrons. The standard InChI is InChI=1S/C23H22N4O2S/c1-15(21(28)25-17-8-6-7-16(13-17)14-24)30-23-26-20-12-5-4-11-19(20)22(29)27(23)18-9-2-3-10-18/h4-8,11-13,15,18H,2-3,9-10H2,1H3,(H,25,28). The first-order valence-electron chi connectivity index (χ1n) is 10.1. The average Bonchev–Trinajstić information content (AvgIpc) is 3.28. The lowest BCUT2D eigenvalue weighted by atomic mass is 10.2. The number of nitriles is 1. The van der Waals surface area contributed by atoms with E-state index in [-0.39, 0.29) is 17.5 Å². The molecule has 1 amide bonds. The van der Waals surface area contributed by atoms with Crippen molar-refractivity contribution in [2.24, 2.45) is 0 Å². The van der Waals surface area contributed by atoms with Crippen LogP contribution in [0, 0.1) is 11.3 Å². The van der Waals surface area contributed by atoms with Crippen LogP contribution in [0.15, 0.2) is 58.5 Å². The number of anilines is 1. The van der Waals surface area contributed by atoms with Crippen LogP contribution in [0.1, 0.15) is 44.2 Å². The molecule has 1 aromatic heterocycles. The Morgan fingerprint density at radius 3 is 2.77 bits per heavy atom. The van der Waals surface area contributed by atoms with Crippen LogP contribution in [0.3, 0.4) is 0 Å². The second-order valence-electron chi connectivity index (χ2n) is 7.47. The molecule has 1 unspecified atom stereocenters. The molecule has 1 aliphatic rings. The number of fused-ring (bicyclic) bond motifs is 1. The number of nitrogens with zero attached hydrogens (tertiary/aromatic N) is 3. The number of carbonyl (C=O) groups excluding carboxylic acids is 1. The van der Waals surface area contributed by atoms with Gasteiger partial charge < -0.3 is 5.32 Å². The maximum absolute atomic E-state index is 13.2. The van der Waals surface area contributed by atoms with E-state index < -0.39 is 5.25 Å². The summed E-state index contributed by atoms with van der Waals surface area (Å²) in [4.78, 5) is 30.7. The van der Waals surface area contributed by atoms with Gasteiger partial charge in [0.1, 0.15) is 0 Å². The van der Waals surface area contributed by atoms with Gasteiger partial charge in [0.05, 0.1) is 27.8 Å². The van der Waals surface area contributed by atoms with Crippen LogP contribution in [-0.4, -0.2) is 20.7 Å². The van der Waals surface area contributed by atoms with Gasteiger partial charge in [0.25, 0.3) is 5.56 Å². The highest BCUT2D eigenvalue weighted by Crippen LogP contribution is 2.33. The largest absolute Gasteiger partial charge is 0.325 e. The molecule has 1 atom stereocenters. The van der Waals surface area contributed by atoms with Crippen LogP contribution in [0.5, 0.6) is 0 Å². The van der Waals surface area contributed by atoms with Crippen molar-refractivity contribution in [2.45, 2.75) is 49.1 Å². The number of carbonyl (C=O) groups is 1. The number of benzene rings is 2. The first kappa shape index (κ1) is 20.2. The van der Waals surface area contributed by atoms with E-state index in [0.717, 1.165) is 25.7 Å². The number of rotatable bonds is 5. The van der Waals surface area contributed by atoms with Crippen LogP contribution in [0.2, 0.25) is 0 Å². The van der Waals surface area contributed by atoms with Gasteiger partial charge >= 0.3 is 0 Å². The zero-order valence-electron chi connectivity index (χ0n) is 16.7. The van der Waals surface area contributed by atoms with E-state index in [1.807, 2.05) is 24.3 Å². The topological polar surface area (TPSA) is 87.8 Å². The Hall–Kier alpha value is -3.11. The minimum atomic E-state index is -0.462. The molecule has 7 heteroatoms. The molecule has 1 heterocycles. The minimum Gasteiger partial charge on any atom is -0.325 e. The molecule has 1 aliphatic carbocycles. The van der Waals surface area contributed by atoms with Crippen LogP contribution >= 0.6 is 11.8 Å². The lowest BCUT2D eigenvalue weighted by molar-refractivity contribution is -0.115. The summed E-state index contributed by atoms with van der Waals surface area (Å²) in [7, 11) is 0. The fourth-order valence-electron chi connectivity index (χ4n) is 3.82. The van der Waals surface area contributed by atoms with E-state index in [1.165, 1.54) is 11.8 Å². The lowest BCUT2D eigenvalue weighted by Gasteiger charge is -2.20. The molecule has 0 spiro atoms. The number of hydrogen-bond donors (Lipinski definition) is 1. The molecule has 4 rings (SSSR count). The Morgan fingerprint density at radius 2 is 2.00 bits per heavy atom. The summed E-state index contributed by atoms with van der Waals surface area (Å²) < 4.78 is 1.79. The van der Waals surface area contributed by atoms with E-state index in [1.54, 1.807) is 35.8 Å². The quantitative estimate of drug-likeness (QED) is 0.487. The van der Waals surface area contributed by atoms with Crippen LogP contribution in [-0.2, 0) is 4.79 Å². The van der Waals surface area contributed by atoms with Gasteiger partial charge in [0, 0.05) is 11.7 Å². The van der Waals surface area contributed by atoms with Gasteiger partial charge in [-0.25, -0.2) is 4.98 Å². The second kappa shape index (κ2) is 8.72. The third kappa shape index (κ3) is 4.10. The number of thioether (sulfide) groups is 1. The van der Waals surface area contributed by atoms with E-state index in [9.17, 15) is 9.59 Å². The number of aromatic nitrogens is 2. The first-order valence-corrected chi connectivity index (χ1v) is 10.9. The van der Waals surface area contributed by atoms with Crippen molar-refractivity contribution >= 4 is 34.3 Å². The highest BCUT2D eigenvalue weighted by Gasteiger charge is 2.25. The highest BCUT2D eigenvalue weighted by atomic mass is 32.2. The second-order valence-corrected chi connectivity index (χ2v) is 8.77. The predicted octanol–water partition coefficient (Wildman–Crippen LogP) is 4.50. The van der Waals surface area contributed by atoms with E-state index >= 15 is 0 Å². The number of nitrogens with one attached hydrogen (secondary N) is 1. The fourth-order valence-corrected chi connectivity index (χ4v) is 4.79. The van der Waals surface area contributed by atoms with E-state index in [2.05, 4.69) is 11.4 Å². The summed E-state index contributed by atoms with van der Waals surface area (Å²) in [5, 5.41) is 12.6. The van der Waals surface area contributed by atoms with Gasteiger partial charge in [-0.2, -0.15) is 5.26 Å². The molecule has 0 radical (unpaired) electrons. The third-order valence-corrected chi connectivity index (χ3v) is 6.44. The molecule has 0 saturated heterocycles. The third-order valence-electron chi connectivity index (χ3n) is 5.38. The molecule has 30 heavy (non-hydrogen) atoms. The van der Waals surface area contributed by atoms with Crippen molar-refractivity contribution in [1.82, 2.24) is 9.55 Å². The van der Waals surface area contributed by atoms with E-state index in [4.69, 9.17) is 10.2 Å². The van der Waals surface area contributed by atoms with Crippen molar-refractivity contribution < 1.29 is 4.79 Å². The van der Waals surface area contributed by atoms with Crippen molar-refractivity contribution in [3.05, 3.63) is 64.4 Å². The Labute approximate surface area is 178 Å². The molecule has 0 bridgehead atoms. The molecule has 6 nitrogen and oxygen atoms in total. The number of para-hydroxylation sites is 1. The zero-order valence-corrected chi connectivity index (χ0v) is 17.5. The molecule has 1 fully saturated rings. The first-order chi connectivity index (χ1) is 14.6. The smallest absolute Gasteiger partial charge is 0.262 e. The molecular weight excluding hydrogens is 396 g/mol. The summed E-state index contributed by atoms with van der Waals surface area (Å²) in [6.07, 6.45) is 4.10. The SMILES string of the molecule is CC(Sc1nc2ccccc2c(=O)n1C1CCCC1)C(=O)Nc1cccc(C#N)c1. The molecule has 2 aromatic carbocycles. The highest BCUT2D eigenvalue weighted by molar-refractivity contribution is 8.00. The van der Waals surface area contributed by atoms with Crippen LogP contribution in [0.25, 0.3) is 10.9 Å². The zero-order chi connectivity index (χ0) is 21.1. The fraction of sp³-hybridized carbons (Fsp3) is 0.304. The summed E-state index contributed by atoms with van der Waals surface area (Å²) in [5.41, 5.74) is 1.67. The summed E-state index contributed by atoms with van der Waals surface area (Å²) in [6, 6.07) is 16.3. The monoisotopic (exact) mass is 418 g/mol. The van der Waals surface area contributed by atoms with Gasteiger partial charge in [-0.3, -0.25) is 14.2 Å². The van der Waals surface area contributed by atoms with Crippen molar-refractivity contribution in [3.8, 4) is 6.07 Å². The summed E-state index contributed by atoms with van der Waals surface area (Å²) in [6.45, 7) is 1.80. The summed E-state index contributed by atoms with van der Waals surface area (Å²) >= 11 is 1.30. The Morgan fingerprint density at radius 1 is 1.23 bits per heavy atom. The van der Waals surface area contributed by atoms with Gasteiger partial charge in [0.15, 0.2) is 5.16 Å². The molecule has 1 N–H and O–H groups in total. The normalized spacial score (nSPS) is 15.1. The van der Waals surface area contributed by atoms with Crippen LogP contribution < -0.4 is 10.9 Å². The van der Waals surface area contributed by atoms with Crippen molar-refractivity contribution in [2.75, 3.05) is 5.32 Å². The average molecular weight is 419 g/mol. The number of hydrogen-bond acceptors (Lipinski definition) is 5. The molecule has 3 aromatic rings. The Kier molecular flexibility index (Phi) is 5.86. The van der Waals surface area contributed by atoms with Crippen molar-refractivity contribution in [1.29, 1.82) is 5.26 Å². The van der Waals surface area contributed by atoms with Gasteiger partial charge in [-0.15, -0.1) is 0 Å². The summed E-state index contributed by atoms with van der Waals surface area (Å²) in [5.74, 6) is -0.199. The lowest BCUT2D eigenvalue weighted by Crippen LogP contribution is -2.29. The Balaban J connectivity index is 1.63. The van der Waals surface area contributed by atoms with E-state index in [0.29, 0.717) is 27.3 Å². The van der Waals surface area contributed by atoms with Crippen molar-refractivity contribution in [3.63, 3.8) is 0 Å². The van der Waals surface area contributed by atoms with Gasteiger partial charge in [0.2, 0.25) is 5.91 Å². The molecule has 0 aliphatic heterocycles. The Bertz CT molecular complexity index is 1190. The predicted molar refractivity (Wildman–Crippen MR) is 119 cm³/mol. The maximum atomic E-state index is 13.2. The maximum Gasteiger partial charge on any atom is 0.262 e. The van der Waals surface area contributed by atoms with Crippen LogP contribution in [0.4, 0.5) is 5.69 Å². The molecule has 1 saturated carbocycles. The van der Waals surface area contributed by atoms with Gasteiger partial charge in [-0.1, -0.05) is 42.8 Å². The number of amides is 1. The minimum absolute atomic E-state index is 0.0377. The van der Waals surface area contributed by atoms with Gasteiger partial charge in [-0.05, 0) is 50.1 Å².